The normalized spacial score (nSPS) is 29.6. The van der Waals surface area contributed by atoms with Crippen LogP contribution in [-0.2, 0) is 4.74 Å². The molecule has 5 heteroatoms. The van der Waals surface area contributed by atoms with Crippen LogP contribution < -0.4 is 11.3 Å². The quantitative estimate of drug-likeness (QED) is 0.527. The molecular weight excluding hydrogens is 216 g/mol. The number of ether oxygens (including phenoxy) is 1. The van der Waals surface area contributed by atoms with Gasteiger partial charge in [-0.2, -0.15) is 0 Å². The summed E-state index contributed by atoms with van der Waals surface area (Å²) in [6, 6.07) is 0.620. The van der Waals surface area contributed by atoms with Gasteiger partial charge in [0.2, 0.25) is 0 Å². The van der Waals surface area contributed by atoms with Gasteiger partial charge >= 0.3 is 0 Å². The second-order valence-electron chi connectivity index (χ2n) is 5.12. The number of hydrazine groups is 1. The Kier molecular flexibility index (Phi) is 4.39. The van der Waals surface area contributed by atoms with Crippen LogP contribution in [0.15, 0.2) is 11.8 Å². The van der Waals surface area contributed by atoms with Crippen molar-refractivity contribution in [2.24, 2.45) is 5.84 Å². The molecule has 0 spiro atoms. The molecule has 0 aromatic heterocycles. The lowest BCUT2D eigenvalue weighted by atomic mass is 9.94. The summed E-state index contributed by atoms with van der Waals surface area (Å²) in [5, 5.41) is 0. The molecule has 0 saturated carbocycles. The number of likely N-dealkylation sites (N-methyl/N-ethyl adjacent to an activating group) is 2. The molecule has 2 aliphatic heterocycles. The van der Waals surface area contributed by atoms with E-state index >= 15 is 0 Å². The fourth-order valence-corrected chi connectivity index (χ4v) is 2.68. The first-order valence-corrected chi connectivity index (χ1v) is 6.38. The van der Waals surface area contributed by atoms with Crippen molar-refractivity contribution in [1.82, 2.24) is 15.2 Å². The summed E-state index contributed by atoms with van der Waals surface area (Å²) in [5.41, 5.74) is 4.27. The Bertz CT molecular complexity index is 282. The molecule has 2 heterocycles. The smallest absolute Gasteiger partial charge is 0.0876 e. The van der Waals surface area contributed by atoms with Crippen LogP contribution in [-0.4, -0.2) is 62.2 Å². The summed E-state index contributed by atoms with van der Waals surface area (Å²) in [4.78, 5) is 4.75. The van der Waals surface area contributed by atoms with Crippen LogP contribution in [0.5, 0.6) is 0 Å². The maximum Gasteiger partial charge on any atom is 0.0876 e. The van der Waals surface area contributed by atoms with Crippen molar-refractivity contribution in [2.45, 2.75) is 24.9 Å². The molecule has 2 aliphatic rings. The third kappa shape index (κ3) is 2.98. The number of rotatable bonds is 3. The Labute approximate surface area is 104 Å². The number of hydrogen-bond donors (Lipinski definition) is 2. The van der Waals surface area contributed by atoms with E-state index in [0.29, 0.717) is 6.04 Å². The summed E-state index contributed by atoms with van der Waals surface area (Å²) in [5.74, 6) is 5.75. The zero-order chi connectivity index (χ0) is 12.3. The standard InChI is InChI=1S/C12H24N4O/c1-15-5-6-16(2)11(8-15)12(14-13)10-4-3-7-17-9-10/h9,11-12,14H,3-8,13H2,1-2H3. The van der Waals surface area contributed by atoms with Crippen molar-refractivity contribution in [1.29, 1.82) is 0 Å². The Morgan fingerprint density at radius 1 is 1.47 bits per heavy atom. The van der Waals surface area contributed by atoms with Gasteiger partial charge in [0.15, 0.2) is 0 Å². The first-order valence-electron chi connectivity index (χ1n) is 6.38. The molecule has 17 heavy (non-hydrogen) atoms. The minimum atomic E-state index is 0.197. The van der Waals surface area contributed by atoms with Crippen LogP contribution in [0.3, 0.4) is 0 Å². The van der Waals surface area contributed by atoms with Gasteiger partial charge in [-0.3, -0.25) is 16.2 Å². The van der Waals surface area contributed by atoms with Crippen molar-refractivity contribution >= 4 is 0 Å². The fourth-order valence-electron chi connectivity index (χ4n) is 2.68. The van der Waals surface area contributed by atoms with E-state index in [1.807, 2.05) is 6.26 Å². The lowest BCUT2D eigenvalue weighted by Crippen LogP contribution is -2.60. The average molecular weight is 240 g/mol. The Balaban J connectivity index is 2.07. The molecule has 0 radical (unpaired) electrons. The fraction of sp³-hybridized carbons (Fsp3) is 0.833. The third-order valence-electron chi connectivity index (χ3n) is 3.83. The van der Waals surface area contributed by atoms with Gasteiger partial charge in [0.1, 0.15) is 0 Å². The highest BCUT2D eigenvalue weighted by Gasteiger charge is 2.32. The zero-order valence-electron chi connectivity index (χ0n) is 10.9. The van der Waals surface area contributed by atoms with Crippen LogP contribution >= 0.6 is 0 Å². The van der Waals surface area contributed by atoms with Crippen molar-refractivity contribution in [3.63, 3.8) is 0 Å². The first kappa shape index (κ1) is 12.8. The second-order valence-corrected chi connectivity index (χ2v) is 5.12. The third-order valence-corrected chi connectivity index (χ3v) is 3.83. The molecule has 98 valence electrons. The highest BCUT2D eigenvalue weighted by molar-refractivity contribution is 5.14. The van der Waals surface area contributed by atoms with E-state index in [-0.39, 0.29) is 6.04 Å². The molecule has 2 unspecified atom stereocenters. The van der Waals surface area contributed by atoms with E-state index in [2.05, 4.69) is 29.3 Å². The number of nitrogens with zero attached hydrogens (tertiary/aromatic N) is 2. The van der Waals surface area contributed by atoms with E-state index in [1.165, 1.54) is 5.57 Å². The predicted molar refractivity (Wildman–Crippen MR) is 68.3 cm³/mol. The molecule has 2 atom stereocenters. The van der Waals surface area contributed by atoms with Gasteiger partial charge in [-0.1, -0.05) is 0 Å². The van der Waals surface area contributed by atoms with Crippen molar-refractivity contribution in [2.75, 3.05) is 40.3 Å². The molecule has 3 N–H and O–H groups in total. The van der Waals surface area contributed by atoms with Gasteiger partial charge in [-0.05, 0) is 32.5 Å². The largest absolute Gasteiger partial charge is 0.501 e. The van der Waals surface area contributed by atoms with Crippen molar-refractivity contribution < 1.29 is 4.74 Å². The monoisotopic (exact) mass is 240 g/mol. The minimum Gasteiger partial charge on any atom is -0.501 e. The lowest BCUT2D eigenvalue weighted by molar-refractivity contribution is 0.0918. The van der Waals surface area contributed by atoms with Gasteiger partial charge in [-0.15, -0.1) is 0 Å². The molecule has 0 aromatic rings. The van der Waals surface area contributed by atoms with E-state index in [4.69, 9.17) is 10.6 Å². The Morgan fingerprint density at radius 2 is 2.29 bits per heavy atom. The van der Waals surface area contributed by atoms with Crippen molar-refractivity contribution in [3.8, 4) is 0 Å². The minimum absolute atomic E-state index is 0.197. The Hall–Kier alpha value is -0.620. The van der Waals surface area contributed by atoms with E-state index in [9.17, 15) is 0 Å². The van der Waals surface area contributed by atoms with Crippen LogP contribution in [0.25, 0.3) is 0 Å². The summed E-state index contributed by atoms with van der Waals surface area (Å²) < 4.78 is 5.43. The van der Waals surface area contributed by atoms with E-state index in [1.54, 1.807) is 0 Å². The molecule has 0 bridgehead atoms. The van der Waals surface area contributed by atoms with Crippen LogP contribution in [0.2, 0.25) is 0 Å². The van der Waals surface area contributed by atoms with Crippen molar-refractivity contribution in [3.05, 3.63) is 11.8 Å². The summed E-state index contributed by atoms with van der Waals surface area (Å²) in [6.45, 7) is 4.09. The molecular formula is C12H24N4O. The molecule has 1 saturated heterocycles. The molecule has 2 rings (SSSR count). The van der Waals surface area contributed by atoms with Gasteiger partial charge < -0.3 is 9.64 Å². The molecule has 0 aliphatic carbocycles. The Morgan fingerprint density at radius 3 is 2.94 bits per heavy atom. The lowest BCUT2D eigenvalue weighted by Gasteiger charge is -2.42. The summed E-state index contributed by atoms with van der Waals surface area (Å²) in [6.07, 6.45) is 4.08. The highest BCUT2D eigenvalue weighted by Crippen LogP contribution is 2.21. The number of piperazine rings is 1. The maximum atomic E-state index is 5.75. The van der Waals surface area contributed by atoms with Gasteiger partial charge in [0, 0.05) is 25.7 Å². The van der Waals surface area contributed by atoms with E-state index in [0.717, 1.165) is 39.1 Å². The molecule has 0 aromatic carbocycles. The zero-order valence-corrected chi connectivity index (χ0v) is 10.9. The van der Waals surface area contributed by atoms with E-state index < -0.39 is 0 Å². The summed E-state index contributed by atoms with van der Waals surface area (Å²) >= 11 is 0. The second kappa shape index (κ2) is 5.82. The number of nitrogens with two attached hydrogens (primary N) is 1. The number of hydrogen-bond acceptors (Lipinski definition) is 5. The molecule has 1 fully saturated rings. The predicted octanol–water partition coefficient (Wildman–Crippen LogP) is -0.242. The van der Waals surface area contributed by atoms with Crippen LogP contribution in [0.1, 0.15) is 12.8 Å². The first-order chi connectivity index (χ1) is 8.22. The van der Waals surface area contributed by atoms with Gasteiger partial charge in [0.25, 0.3) is 0 Å². The number of nitrogens with one attached hydrogen (secondary N) is 1. The summed E-state index contributed by atoms with van der Waals surface area (Å²) in [7, 11) is 4.34. The van der Waals surface area contributed by atoms with Gasteiger partial charge in [-0.25, -0.2) is 0 Å². The van der Waals surface area contributed by atoms with Gasteiger partial charge in [0.05, 0.1) is 18.9 Å². The maximum absolute atomic E-state index is 5.75. The molecule has 0 amide bonds. The van der Waals surface area contributed by atoms with Crippen LogP contribution in [0.4, 0.5) is 0 Å². The average Bonchev–Trinajstić information content (AvgIpc) is 2.36. The van der Waals surface area contributed by atoms with Crippen LogP contribution in [0, 0.1) is 0 Å². The topological polar surface area (TPSA) is 53.8 Å². The highest BCUT2D eigenvalue weighted by atomic mass is 16.5. The SMILES string of the molecule is CN1CCN(C)C(C(NN)C2=COCCC2)C1. The molecule has 5 nitrogen and oxygen atoms in total.